The molecule has 0 saturated heterocycles. The summed E-state index contributed by atoms with van der Waals surface area (Å²) in [6.07, 6.45) is 9.28. The molecule has 4 saturated carbocycles. The van der Waals surface area contributed by atoms with E-state index >= 15 is 0 Å². The number of hydrogen-bond donors (Lipinski definition) is 1. The first kappa shape index (κ1) is 22.8. The van der Waals surface area contributed by atoms with E-state index < -0.39 is 5.41 Å². The van der Waals surface area contributed by atoms with Gasteiger partial charge in [-0.25, -0.2) is 9.67 Å². The molecule has 1 aromatic carbocycles. The van der Waals surface area contributed by atoms with Crippen LogP contribution < -0.4 is 5.32 Å². The van der Waals surface area contributed by atoms with Crippen LogP contribution in [-0.2, 0) is 16.9 Å². The van der Waals surface area contributed by atoms with Gasteiger partial charge in [0.25, 0.3) is 0 Å². The van der Waals surface area contributed by atoms with Crippen LogP contribution >= 0.6 is 50.7 Å². The number of nitrogens with zero attached hydrogens (tertiary/aromatic N) is 5. The Bertz CT molecular complexity index is 1260. The van der Waals surface area contributed by atoms with E-state index in [4.69, 9.17) is 34.8 Å². The lowest BCUT2D eigenvalue weighted by Gasteiger charge is -2.60. The van der Waals surface area contributed by atoms with E-state index in [0.29, 0.717) is 44.0 Å². The monoisotopic (exact) mass is 582 g/mol. The number of anilines is 1. The lowest BCUT2D eigenvalue weighted by molar-refractivity contribution is -0.150. The van der Waals surface area contributed by atoms with Crippen LogP contribution in [0.3, 0.4) is 0 Å². The van der Waals surface area contributed by atoms with Crippen LogP contribution in [0.4, 0.5) is 5.82 Å². The molecule has 4 aliphatic rings. The van der Waals surface area contributed by atoms with Gasteiger partial charge in [-0.05, 0) is 78.4 Å². The number of nitrogens with one attached hydrogen (secondary N) is 1. The predicted molar refractivity (Wildman–Crippen MR) is 134 cm³/mol. The quantitative estimate of drug-likeness (QED) is 0.389. The highest BCUT2D eigenvalue weighted by molar-refractivity contribution is 9.10. The van der Waals surface area contributed by atoms with Crippen LogP contribution in [0, 0.1) is 17.3 Å². The number of carbonyl (C=O) groups excluding carboxylic acids is 1. The first-order valence-corrected chi connectivity index (χ1v) is 13.2. The summed E-state index contributed by atoms with van der Waals surface area (Å²) in [4.78, 5) is 18.0. The SMILES string of the molecule is O=C(Nc1nn(Cc2c(Cl)cccc2Cl)cc1Cl)C12CC3CC(C1)CC(n1cnc(Br)n1)(C3)C2. The Labute approximate surface area is 220 Å². The number of amides is 1. The summed E-state index contributed by atoms with van der Waals surface area (Å²) in [7, 11) is 0. The molecule has 0 radical (unpaired) electrons. The van der Waals surface area contributed by atoms with Crippen molar-refractivity contribution in [2.24, 2.45) is 17.3 Å². The number of aromatic nitrogens is 5. The minimum atomic E-state index is -0.457. The molecular weight excluding hydrogens is 563 g/mol. The maximum absolute atomic E-state index is 13.8. The maximum atomic E-state index is 13.8. The van der Waals surface area contributed by atoms with Crippen LogP contribution in [0.25, 0.3) is 0 Å². The number of rotatable bonds is 5. The summed E-state index contributed by atoms with van der Waals surface area (Å²) in [5.74, 6) is 1.37. The Balaban J connectivity index is 1.25. The van der Waals surface area contributed by atoms with Crippen molar-refractivity contribution in [1.82, 2.24) is 24.5 Å². The summed E-state index contributed by atoms with van der Waals surface area (Å²) in [6.45, 7) is 0.355. The van der Waals surface area contributed by atoms with Gasteiger partial charge in [-0.15, -0.1) is 5.10 Å². The zero-order chi connectivity index (χ0) is 23.7. The number of halogens is 4. The molecule has 2 heterocycles. The average molecular weight is 585 g/mol. The third kappa shape index (κ3) is 3.77. The maximum Gasteiger partial charge on any atom is 0.231 e. The van der Waals surface area contributed by atoms with Gasteiger partial charge in [0.2, 0.25) is 10.6 Å². The van der Waals surface area contributed by atoms with Crippen LogP contribution in [0.15, 0.2) is 35.5 Å². The largest absolute Gasteiger partial charge is 0.307 e. The fourth-order valence-electron chi connectivity index (χ4n) is 6.87. The summed E-state index contributed by atoms with van der Waals surface area (Å²) in [6, 6.07) is 5.37. The first-order chi connectivity index (χ1) is 16.3. The summed E-state index contributed by atoms with van der Waals surface area (Å²) >= 11 is 22.5. The molecule has 7 rings (SSSR count). The molecule has 11 heteroatoms. The van der Waals surface area contributed by atoms with Gasteiger partial charge in [0, 0.05) is 21.8 Å². The van der Waals surface area contributed by atoms with Crippen molar-refractivity contribution in [2.75, 3.05) is 5.32 Å². The van der Waals surface area contributed by atoms with Gasteiger partial charge in [0.15, 0.2) is 5.82 Å². The molecular formula is C23H22BrCl3N6O. The van der Waals surface area contributed by atoms with Crippen LogP contribution in [0.1, 0.15) is 44.1 Å². The summed E-state index contributed by atoms with van der Waals surface area (Å²) in [5, 5.41) is 13.7. The Hall–Kier alpha value is -1.61. The fourth-order valence-corrected chi connectivity index (χ4v) is 7.84. The average Bonchev–Trinajstić information content (AvgIpc) is 3.36. The van der Waals surface area contributed by atoms with Crippen molar-refractivity contribution < 1.29 is 4.79 Å². The Kier molecular flexibility index (Phi) is 5.52. The zero-order valence-electron chi connectivity index (χ0n) is 18.1. The van der Waals surface area contributed by atoms with Crippen molar-refractivity contribution in [2.45, 2.75) is 50.6 Å². The molecule has 1 amide bonds. The minimum absolute atomic E-state index is 0.00641. The number of benzene rings is 1. The van der Waals surface area contributed by atoms with E-state index in [1.165, 1.54) is 6.42 Å². The highest BCUT2D eigenvalue weighted by Gasteiger charge is 2.61. The standard InChI is InChI=1S/C23H22BrCl3N6O/c24-21-28-12-33(31-21)23-7-13-4-14(8-23)6-22(5-13,11-23)20(34)29-19-18(27)10-32(30-19)9-15-16(25)2-1-3-17(15)26/h1-3,10,12-14H,4-9,11H2,(H,29,30,34). The lowest BCUT2D eigenvalue weighted by atomic mass is 9.46. The molecule has 4 fully saturated rings. The second kappa shape index (κ2) is 8.22. The molecule has 1 N–H and O–H groups in total. The molecule has 2 unspecified atom stereocenters. The molecule has 0 aliphatic heterocycles. The highest BCUT2D eigenvalue weighted by atomic mass is 79.9. The van der Waals surface area contributed by atoms with Gasteiger partial charge in [-0.3, -0.25) is 9.48 Å². The van der Waals surface area contributed by atoms with Gasteiger partial charge in [-0.1, -0.05) is 40.9 Å². The third-order valence-corrected chi connectivity index (χ3v) is 9.14. The molecule has 2 aromatic heterocycles. The van der Waals surface area contributed by atoms with Crippen LogP contribution in [0.2, 0.25) is 15.1 Å². The van der Waals surface area contributed by atoms with Gasteiger partial charge >= 0.3 is 0 Å². The topological polar surface area (TPSA) is 77.6 Å². The van der Waals surface area contributed by atoms with Crippen molar-refractivity contribution in [1.29, 1.82) is 0 Å². The Morgan fingerprint density at radius 3 is 2.44 bits per heavy atom. The summed E-state index contributed by atoms with van der Waals surface area (Å²) in [5.41, 5.74) is 0.136. The first-order valence-electron chi connectivity index (χ1n) is 11.3. The van der Waals surface area contributed by atoms with Crippen LogP contribution in [-0.4, -0.2) is 30.5 Å². The van der Waals surface area contributed by atoms with E-state index in [-0.39, 0.29) is 11.4 Å². The van der Waals surface area contributed by atoms with E-state index in [0.717, 1.165) is 37.7 Å². The zero-order valence-corrected chi connectivity index (χ0v) is 22.0. The molecule has 178 valence electrons. The molecule has 7 nitrogen and oxygen atoms in total. The Morgan fingerprint density at radius 1 is 1.09 bits per heavy atom. The molecule has 4 bridgehead atoms. The normalized spacial score (nSPS) is 29.5. The van der Waals surface area contributed by atoms with Gasteiger partial charge in [-0.2, -0.15) is 5.10 Å². The second-order valence-electron chi connectivity index (χ2n) is 10.1. The van der Waals surface area contributed by atoms with E-state index in [2.05, 4.69) is 36.4 Å². The summed E-state index contributed by atoms with van der Waals surface area (Å²) < 4.78 is 4.22. The molecule has 34 heavy (non-hydrogen) atoms. The van der Waals surface area contributed by atoms with E-state index in [1.807, 2.05) is 4.68 Å². The minimum Gasteiger partial charge on any atom is -0.307 e. The van der Waals surface area contributed by atoms with Crippen molar-refractivity contribution >= 4 is 62.5 Å². The van der Waals surface area contributed by atoms with Crippen molar-refractivity contribution in [3.8, 4) is 0 Å². The number of carbonyl (C=O) groups is 1. The molecule has 2 atom stereocenters. The van der Waals surface area contributed by atoms with E-state index in [9.17, 15) is 4.79 Å². The van der Waals surface area contributed by atoms with Gasteiger partial charge < -0.3 is 5.32 Å². The second-order valence-corrected chi connectivity index (χ2v) is 12.0. The van der Waals surface area contributed by atoms with Crippen molar-refractivity contribution in [3.05, 3.63) is 56.1 Å². The highest BCUT2D eigenvalue weighted by Crippen LogP contribution is 2.64. The van der Waals surface area contributed by atoms with Crippen LogP contribution in [0.5, 0.6) is 0 Å². The third-order valence-electron chi connectivity index (χ3n) is 7.79. The molecule has 4 aliphatic carbocycles. The van der Waals surface area contributed by atoms with Gasteiger partial charge in [0.05, 0.1) is 17.5 Å². The van der Waals surface area contributed by atoms with Crippen molar-refractivity contribution in [3.63, 3.8) is 0 Å². The molecule has 0 spiro atoms. The van der Waals surface area contributed by atoms with E-state index in [1.54, 1.807) is 35.4 Å². The number of hydrogen-bond acceptors (Lipinski definition) is 4. The van der Waals surface area contributed by atoms with Gasteiger partial charge in [0.1, 0.15) is 11.3 Å². The predicted octanol–water partition coefficient (Wildman–Crippen LogP) is 6.18. The molecule has 3 aromatic rings. The lowest BCUT2D eigenvalue weighted by Crippen LogP contribution is -2.60. The fraction of sp³-hybridized carbons (Fsp3) is 0.478. The Morgan fingerprint density at radius 2 is 1.79 bits per heavy atom. The smallest absolute Gasteiger partial charge is 0.231 e.